The molecule has 1 aromatic heterocycles. The molecule has 3 rings (SSSR count). The largest absolute Gasteiger partial charge is 0.497 e. The number of hydrogen-bond acceptors (Lipinski definition) is 5. The van der Waals surface area contributed by atoms with Crippen LogP contribution in [-0.4, -0.2) is 46.4 Å². The van der Waals surface area contributed by atoms with Gasteiger partial charge in [-0.1, -0.05) is 12.1 Å². The van der Waals surface area contributed by atoms with Crippen molar-refractivity contribution in [2.45, 2.75) is 6.67 Å². The number of benzene rings is 1. The van der Waals surface area contributed by atoms with Gasteiger partial charge in [0.2, 0.25) is 0 Å². The summed E-state index contributed by atoms with van der Waals surface area (Å²) >= 11 is 1.95. The molecule has 2 aromatic rings. The van der Waals surface area contributed by atoms with E-state index in [0.717, 1.165) is 41.6 Å². The first-order chi connectivity index (χ1) is 10.8. The molecule has 1 fully saturated rings. The van der Waals surface area contributed by atoms with Crippen molar-refractivity contribution in [3.63, 3.8) is 0 Å². The van der Waals surface area contributed by atoms with Crippen LogP contribution in [0.15, 0.2) is 41.2 Å². The lowest BCUT2D eigenvalue weighted by Crippen LogP contribution is -2.38. The van der Waals surface area contributed by atoms with Gasteiger partial charge in [-0.3, -0.25) is 9.69 Å². The van der Waals surface area contributed by atoms with Crippen LogP contribution in [0, 0.1) is 0 Å². The average Bonchev–Trinajstić information content (AvgIpc) is 2.58. The van der Waals surface area contributed by atoms with Gasteiger partial charge in [0, 0.05) is 36.2 Å². The number of nitrogens with zero attached hydrogens (tertiary/aromatic N) is 3. The summed E-state index contributed by atoms with van der Waals surface area (Å²) in [5.74, 6) is 3.01. The van der Waals surface area contributed by atoms with E-state index in [1.54, 1.807) is 23.9 Å². The van der Waals surface area contributed by atoms with Crippen LogP contribution >= 0.6 is 11.8 Å². The molecule has 22 heavy (non-hydrogen) atoms. The van der Waals surface area contributed by atoms with E-state index in [0.29, 0.717) is 6.67 Å². The SMILES string of the molecule is COc1cccc(-c2ccc(=O)n(CN3CCSCC3)n2)c1. The predicted octanol–water partition coefficient (Wildman–Crippen LogP) is 1.93. The maximum absolute atomic E-state index is 12.0. The van der Waals surface area contributed by atoms with Gasteiger partial charge in [0.15, 0.2) is 0 Å². The highest BCUT2D eigenvalue weighted by molar-refractivity contribution is 7.99. The van der Waals surface area contributed by atoms with Gasteiger partial charge in [-0.25, -0.2) is 4.68 Å². The fourth-order valence-corrected chi connectivity index (χ4v) is 3.40. The highest BCUT2D eigenvalue weighted by Crippen LogP contribution is 2.21. The van der Waals surface area contributed by atoms with Crippen molar-refractivity contribution in [3.8, 4) is 17.0 Å². The third-order valence-electron chi connectivity index (χ3n) is 3.67. The highest BCUT2D eigenvalue weighted by atomic mass is 32.2. The first-order valence-electron chi connectivity index (χ1n) is 7.29. The minimum absolute atomic E-state index is 0.0649. The second kappa shape index (κ2) is 6.98. The number of thioether (sulfide) groups is 1. The van der Waals surface area contributed by atoms with Gasteiger partial charge >= 0.3 is 0 Å². The maximum Gasteiger partial charge on any atom is 0.268 e. The smallest absolute Gasteiger partial charge is 0.268 e. The summed E-state index contributed by atoms with van der Waals surface area (Å²) in [4.78, 5) is 14.3. The zero-order valence-electron chi connectivity index (χ0n) is 12.6. The molecule has 5 nitrogen and oxygen atoms in total. The van der Waals surface area contributed by atoms with Gasteiger partial charge in [-0.15, -0.1) is 0 Å². The van der Waals surface area contributed by atoms with Crippen LogP contribution in [0.4, 0.5) is 0 Å². The average molecular weight is 317 g/mol. The van der Waals surface area contributed by atoms with E-state index < -0.39 is 0 Å². The van der Waals surface area contributed by atoms with Gasteiger partial charge in [0.1, 0.15) is 5.75 Å². The van der Waals surface area contributed by atoms with E-state index >= 15 is 0 Å². The van der Waals surface area contributed by atoms with Crippen molar-refractivity contribution in [2.75, 3.05) is 31.7 Å². The number of ether oxygens (including phenoxy) is 1. The molecule has 2 heterocycles. The summed E-state index contributed by atoms with van der Waals surface area (Å²) in [6.07, 6.45) is 0. The summed E-state index contributed by atoms with van der Waals surface area (Å²) in [5.41, 5.74) is 1.66. The summed E-state index contributed by atoms with van der Waals surface area (Å²) in [6, 6.07) is 11.1. The van der Waals surface area contributed by atoms with Crippen LogP contribution < -0.4 is 10.3 Å². The molecule has 1 aliphatic rings. The minimum Gasteiger partial charge on any atom is -0.497 e. The Morgan fingerprint density at radius 1 is 1.23 bits per heavy atom. The molecule has 1 saturated heterocycles. The molecule has 0 unspecified atom stereocenters. The fourth-order valence-electron chi connectivity index (χ4n) is 2.42. The maximum atomic E-state index is 12.0. The van der Waals surface area contributed by atoms with Crippen molar-refractivity contribution < 1.29 is 4.74 Å². The summed E-state index contributed by atoms with van der Waals surface area (Å²) in [5, 5.41) is 4.51. The van der Waals surface area contributed by atoms with Crippen molar-refractivity contribution in [2.24, 2.45) is 0 Å². The Morgan fingerprint density at radius 3 is 2.82 bits per heavy atom. The Morgan fingerprint density at radius 2 is 2.05 bits per heavy atom. The molecule has 1 aliphatic heterocycles. The van der Waals surface area contributed by atoms with Crippen molar-refractivity contribution >= 4 is 11.8 Å². The first-order valence-corrected chi connectivity index (χ1v) is 8.44. The lowest BCUT2D eigenvalue weighted by Gasteiger charge is -2.26. The zero-order valence-corrected chi connectivity index (χ0v) is 13.4. The second-order valence-electron chi connectivity index (χ2n) is 5.16. The molecule has 0 aliphatic carbocycles. The van der Waals surface area contributed by atoms with Crippen LogP contribution in [0.2, 0.25) is 0 Å². The van der Waals surface area contributed by atoms with Crippen LogP contribution in [0.25, 0.3) is 11.3 Å². The van der Waals surface area contributed by atoms with Crippen molar-refractivity contribution in [3.05, 3.63) is 46.8 Å². The van der Waals surface area contributed by atoms with E-state index in [1.165, 1.54) is 0 Å². The summed E-state index contributed by atoms with van der Waals surface area (Å²) in [7, 11) is 1.64. The Kier molecular flexibility index (Phi) is 4.80. The van der Waals surface area contributed by atoms with Gasteiger partial charge in [-0.2, -0.15) is 16.9 Å². The zero-order chi connectivity index (χ0) is 15.4. The van der Waals surface area contributed by atoms with Gasteiger partial charge in [0.25, 0.3) is 5.56 Å². The number of rotatable bonds is 4. The van der Waals surface area contributed by atoms with Crippen molar-refractivity contribution in [1.29, 1.82) is 0 Å². The van der Waals surface area contributed by atoms with Crippen LogP contribution in [0.3, 0.4) is 0 Å². The fraction of sp³-hybridized carbons (Fsp3) is 0.375. The Balaban J connectivity index is 1.86. The molecular formula is C16H19N3O2S. The molecule has 0 bridgehead atoms. The van der Waals surface area contributed by atoms with Crippen LogP contribution in [-0.2, 0) is 6.67 Å². The molecule has 0 N–H and O–H groups in total. The highest BCUT2D eigenvalue weighted by Gasteiger charge is 2.12. The topological polar surface area (TPSA) is 47.4 Å². The Labute approximate surface area is 133 Å². The van der Waals surface area contributed by atoms with E-state index in [2.05, 4.69) is 10.00 Å². The molecule has 0 saturated carbocycles. The summed E-state index contributed by atoms with van der Waals surface area (Å²) in [6.45, 7) is 2.56. The third-order valence-corrected chi connectivity index (χ3v) is 4.61. The molecule has 6 heteroatoms. The van der Waals surface area contributed by atoms with E-state index in [1.807, 2.05) is 36.0 Å². The lowest BCUT2D eigenvalue weighted by atomic mass is 10.1. The first kappa shape index (κ1) is 15.1. The van der Waals surface area contributed by atoms with E-state index in [-0.39, 0.29) is 5.56 Å². The van der Waals surface area contributed by atoms with Crippen molar-refractivity contribution in [1.82, 2.24) is 14.7 Å². The second-order valence-corrected chi connectivity index (χ2v) is 6.38. The standard InChI is InChI=1S/C16H19N3O2S/c1-21-14-4-2-3-13(11-14)15-5-6-16(20)19(17-15)12-18-7-9-22-10-8-18/h2-6,11H,7-10,12H2,1H3. The molecule has 0 atom stereocenters. The minimum atomic E-state index is -0.0649. The van der Waals surface area contributed by atoms with Gasteiger partial charge in [0.05, 0.1) is 19.5 Å². The third kappa shape index (κ3) is 3.51. The molecular weight excluding hydrogens is 298 g/mol. The lowest BCUT2D eigenvalue weighted by molar-refractivity contribution is 0.223. The molecule has 0 radical (unpaired) electrons. The van der Waals surface area contributed by atoms with E-state index in [9.17, 15) is 4.79 Å². The Hall–Kier alpha value is -1.79. The monoisotopic (exact) mass is 317 g/mol. The predicted molar refractivity (Wildman–Crippen MR) is 89.4 cm³/mol. The van der Waals surface area contributed by atoms with E-state index in [4.69, 9.17) is 4.74 Å². The van der Waals surface area contributed by atoms with Crippen LogP contribution in [0.5, 0.6) is 5.75 Å². The quantitative estimate of drug-likeness (QED) is 0.862. The van der Waals surface area contributed by atoms with Crippen LogP contribution in [0.1, 0.15) is 0 Å². The molecule has 0 amide bonds. The number of methoxy groups -OCH3 is 1. The molecule has 1 aromatic carbocycles. The Bertz CT molecular complexity index is 696. The van der Waals surface area contributed by atoms with Gasteiger partial charge < -0.3 is 4.74 Å². The normalized spacial score (nSPS) is 15.7. The summed E-state index contributed by atoms with van der Waals surface area (Å²) < 4.78 is 6.79. The number of hydrogen-bond donors (Lipinski definition) is 0. The molecule has 116 valence electrons. The molecule has 0 spiro atoms. The van der Waals surface area contributed by atoms with Gasteiger partial charge in [-0.05, 0) is 18.2 Å². The number of aromatic nitrogens is 2.